The normalized spacial score (nSPS) is 17.9. The molecule has 2 aromatic heterocycles. The van der Waals surface area contributed by atoms with Gasteiger partial charge in [-0.3, -0.25) is 14.7 Å². The maximum absolute atomic E-state index is 12.7. The van der Waals surface area contributed by atoms with Crippen molar-refractivity contribution in [3.63, 3.8) is 0 Å². The third kappa shape index (κ3) is 3.25. The van der Waals surface area contributed by atoms with Gasteiger partial charge in [0.05, 0.1) is 12.6 Å². The maximum atomic E-state index is 12.7. The Morgan fingerprint density at radius 3 is 3.00 bits per heavy atom. The molecule has 1 aliphatic rings. The van der Waals surface area contributed by atoms with Crippen molar-refractivity contribution in [1.82, 2.24) is 15.2 Å². The minimum absolute atomic E-state index is 0.0573. The molecule has 0 spiro atoms. The zero-order valence-corrected chi connectivity index (χ0v) is 12.5. The van der Waals surface area contributed by atoms with E-state index in [1.807, 2.05) is 6.92 Å². The van der Waals surface area contributed by atoms with Crippen LogP contribution >= 0.6 is 11.3 Å². The number of amides is 1. The molecule has 0 radical (unpaired) electrons. The molecule has 0 saturated carbocycles. The summed E-state index contributed by atoms with van der Waals surface area (Å²) in [5, 5.41) is 9.52. The standard InChI is InChI=1S/C14H16N4O2S/c1-10-16-17-14(21-10)18(9-11-5-4-8-20-11)13(19)12-6-2-3-7-15-12/h2-3,6-7,11H,4-5,8-9H2,1H3. The molecule has 1 unspecified atom stereocenters. The minimum Gasteiger partial charge on any atom is -0.376 e. The summed E-state index contributed by atoms with van der Waals surface area (Å²) in [4.78, 5) is 18.4. The van der Waals surface area contributed by atoms with Crippen LogP contribution in [-0.2, 0) is 4.74 Å². The Labute approximate surface area is 126 Å². The molecule has 0 aromatic carbocycles. The van der Waals surface area contributed by atoms with E-state index in [0.29, 0.717) is 17.4 Å². The number of pyridine rings is 1. The fraction of sp³-hybridized carbons (Fsp3) is 0.429. The molecule has 1 saturated heterocycles. The number of nitrogens with zero attached hydrogens (tertiary/aromatic N) is 4. The second-order valence-electron chi connectivity index (χ2n) is 4.87. The van der Waals surface area contributed by atoms with Crippen LogP contribution in [0.25, 0.3) is 0 Å². The average Bonchev–Trinajstić information content (AvgIpc) is 3.16. The van der Waals surface area contributed by atoms with E-state index in [1.165, 1.54) is 11.3 Å². The Kier molecular flexibility index (Phi) is 4.21. The summed E-state index contributed by atoms with van der Waals surface area (Å²) in [5.74, 6) is -0.165. The van der Waals surface area contributed by atoms with Gasteiger partial charge in [0.15, 0.2) is 0 Å². The fourth-order valence-electron chi connectivity index (χ4n) is 2.26. The van der Waals surface area contributed by atoms with Gasteiger partial charge in [0.25, 0.3) is 5.91 Å². The summed E-state index contributed by atoms with van der Waals surface area (Å²) < 4.78 is 5.64. The van der Waals surface area contributed by atoms with E-state index in [-0.39, 0.29) is 12.0 Å². The van der Waals surface area contributed by atoms with Gasteiger partial charge in [0.1, 0.15) is 10.7 Å². The molecule has 1 aliphatic heterocycles. The number of aromatic nitrogens is 3. The molecule has 6 nitrogen and oxygen atoms in total. The lowest BCUT2D eigenvalue weighted by Crippen LogP contribution is -2.37. The first-order valence-electron chi connectivity index (χ1n) is 6.88. The number of ether oxygens (including phenoxy) is 1. The van der Waals surface area contributed by atoms with Crippen LogP contribution < -0.4 is 4.90 Å². The number of aryl methyl sites for hydroxylation is 1. The highest BCUT2D eigenvalue weighted by Gasteiger charge is 2.27. The molecular formula is C14H16N4O2S. The molecule has 1 fully saturated rings. The Balaban J connectivity index is 1.86. The number of carbonyl (C=O) groups excluding carboxylic acids is 1. The Hall–Kier alpha value is -1.86. The second kappa shape index (κ2) is 6.28. The monoisotopic (exact) mass is 304 g/mol. The highest BCUT2D eigenvalue weighted by Crippen LogP contribution is 2.24. The van der Waals surface area contributed by atoms with Crippen LogP contribution in [0.5, 0.6) is 0 Å². The second-order valence-corrected chi connectivity index (χ2v) is 6.03. The molecule has 21 heavy (non-hydrogen) atoms. The van der Waals surface area contributed by atoms with Gasteiger partial charge >= 0.3 is 0 Å². The van der Waals surface area contributed by atoms with Crippen molar-refractivity contribution in [3.05, 3.63) is 35.1 Å². The molecule has 0 bridgehead atoms. The first kappa shape index (κ1) is 14.1. The Morgan fingerprint density at radius 2 is 2.38 bits per heavy atom. The van der Waals surface area contributed by atoms with E-state index in [4.69, 9.17) is 4.74 Å². The van der Waals surface area contributed by atoms with Crippen LogP contribution in [0.4, 0.5) is 5.13 Å². The van der Waals surface area contributed by atoms with Crippen molar-refractivity contribution in [2.45, 2.75) is 25.9 Å². The van der Waals surface area contributed by atoms with Crippen molar-refractivity contribution in [1.29, 1.82) is 0 Å². The molecule has 2 aromatic rings. The van der Waals surface area contributed by atoms with Gasteiger partial charge in [0, 0.05) is 12.8 Å². The molecule has 110 valence electrons. The number of hydrogen-bond donors (Lipinski definition) is 0. The summed E-state index contributed by atoms with van der Waals surface area (Å²) in [6.07, 6.45) is 3.67. The van der Waals surface area contributed by atoms with Crippen LogP contribution in [0.2, 0.25) is 0 Å². The Bertz CT molecular complexity index is 610. The molecule has 1 amide bonds. The summed E-state index contributed by atoms with van der Waals surface area (Å²) in [5.41, 5.74) is 0.406. The third-order valence-electron chi connectivity index (χ3n) is 3.29. The Morgan fingerprint density at radius 1 is 1.48 bits per heavy atom. The van der Waals surface area contributed by atoms with Crippen molar-refractivity contribution in [2.75, 3.05) is 18.1 Å². The van der Waals surface area contributed by atoms with E-state index in [1.54, 1.807) is 29.3 Å². The van der Waals surface area contributed by atoms with Gasteiger partial charge in [-0.1, -0.05) is 17.4 Å². The smallest absolute Gasteiger partial charge is 0.278 e. The lowest BCUT2D eigenvalue weighted by molar-refractivity contribution is 0.0913. The average molecular weight is 304 g/mol. The predicted octanol–water partition coefficient (Wildman–Crippen LogP) is 2.07. The number of carbonyl (C=O) groups is 1. The predicted molar refractivity (Wildman–Crippen MR) is 79.5 cm³/mol. The van der Waals surface area contributed by atoms with Crippen molar-refractivity contribution in [3.8, 4) is 0 Å². The molecule has 1 atom stereocenters. The fourth-order valence-corrected chi connectivity index (χ4v) is 2.96. The molecule has 7 heteroatoms. The summed E-state index contributed by atoms with van der Waals surface area (Å²) in [6, 6.07) is 5.30. The van der Waals surface area contributed by atoms with E-state index in [2.05, 4.69) is 15.2 Å². The van der Waals surface area contributed by atoms with Gasteiger partial charge in [-0.25, -0.2) is 0 Å². The molecule has 3 rings (SSSR count). The van der Waals surface area contributed by atoms with Gasteiger partial charge < -0.3 is 4.74 Å². The largest absolute Gasteiger partial charge is 0.376 e. The number of rotatable bonds is 4. The van der Waals surface area contributed by atoms with Gasteiger partial charge in [-0.15, -0.1) is 10.2 Å². The summed E-state index contributed by atoms with van der Waals surface area (Å²) in [7, 11) is 0. The quantitative estimate of drug-likeness (QED) is 0.865. The van der Waals surface area contributed by atoms with E-state index < -0.39 is 0 Å². The van der Waals surface area contributed by atoms with E-state index in [0.717, 1.165) is 24.5 Å². The van der Waals surface area contributed by atoms with Crippen molar-refractivity contribution in [2.24, 2.45) is 0 Å². The highest BCUT2D eigenvalue weighted by atomic mass is 32.1. The molecule has 3 heterocycles. The van der Waals surface area contributed by atoms with Gasteiger partial charge in [-0.05, 0) is 31.9 Å². The maximum Gasteiger partial charge on any atom is 0.278 e. The zero-order valence-electron chi connectivity index (χ0n) is 11.7. The van der Waals surface area contributed by atoms with E-state index in [9.17, 15) is 4.79 Å². The van der Waals surface area contributed by atoms with Crippen LogP contribution in [-0.4, -0.2) is 40.3 Å². The number of hydrogen-bond acceptors (Lipinski definition) is 6. The van der Waals surface area contributed by atoms with Crippen molar-refractivity contribution < 1.29 is 9.53 Å². The van der Waals surface area contributed by atoms with Crippen LogP contribution in [0.1, 0.15) is 28.3 Å². The lowest BCUT2D eigenvalue weighted by atomic mass is 10.2. The lowest BCUT2D eigenvalue weighted by Gasteiger charge is -2.22. The van der Waals surface area contributed by atoms with Gasteiger partial charge in [-0.2, -0.15) is 0 Å². The van der Waals surface area contributed by atoms with Crippen molar-refractivity contribution >= 4 is 22.4 Å². The van der Waals surface area contributed by atoms with Crippen LogP contribution in [0.15, 0.2) is 24.4 Å². The van der Waals surface area contributed by atoms with Gasteiger partial charge in [0.2, 0.25) is 5.13 Å². The summed E-state index contributed by atoms with van der Waals surface area (Å²) in [6.45, 7) is 3.12. The van der Waals surface area contributed by atoms with E-state index >= 15 is 0 Å². The van der Waals surface area contributed by atoms with Crippen LogP contribution in [0.3, 0.4) is 0 Å². The SMILES string of the molecule is Cc1nnc(N(CC2CCCO2)C(=O)c2ccccn2)s1. The molecule has 0 N–H and O–H groups in total. The third-order valence-corrected chi connectivity index (χ3v) is 4.15. The topological polar surface area (TPSA) is 68.2 Å². The zero-order chi connectivity index (χ0) is 14.7. The first-order chi connectivity index (χ1) is 10.2. The van der Waals surface area contributed by atoms with Crippen LogP contribution in [0, 0.1) is 6.92 Å². The number of anilines is 1. The molecule has 0 aliphatic carbocycles. The first-order valence-corrected chi connectivity index (χ1v) is 7.70. The highest BCUT2D eigenvalue weighted by molar-refractivity contribution is 7.15. The summed E-state index contributed by atoms with van der Waals surface area (Å²) >= 11 is 1.40. The molecular weight excluding hydrogens is 288 g/mol. The minimum atomic E-state index is -0.165.